The van der Waals surface area contributed by atoms with Gasteiger partial charge in [0.2, 0.25) is 0 Å². The summed E-state index contributed by atoms with van der Waals surface area (Å²) in [6, 6.07) is 0. The van der Waals surface area contributed by atoms with E-state index in [1.54, 1.807) is 0 Å². The van der Waals surface area contributed by atoms with Crippen LogP contribution in [0.4, 0.5) is 0 Å². The molecule has 0 aliphatic heterocycles. The van der Waals surface area contributed by atoms with Crippen LogP contribution in [-0.4, -0.2) is 25.6 Å². The van der Waals surface area contributed by atoms with Crippen LogP contribution >= 0.6 is 7.82 Å². The van der Waals surface area contributed by atoms with Gasteiger partial charge in [-0.3, -0.25) is 0 Å². The molecule has 10 heavy (non-hydrogen) atoms. The topological polar surface area (TPSA) is 141 Å². The average Bonchev–Trinajstić information content (AvgIpc) is 0.722. The molecule has 6 nitrogen and oxygen atoms in total. The summed E-state index contributed by atoms with van der Waals surface area (Å²) >= 11 is 0. The fourth-order valence-electron chi connectivity index (χ4n) is 0. The molecule has 0 aromatic rings. The maximum absolute atomic E-state index is 8.88. The molecule has 0 saturated heterocycles. The zero-order chi connectivity index (χ0) is 4.50. The Kier molecular flexibility index (Phi) is 70.8. The predicted molar refractivity (Wildman–Crippen MR) is 24.8 cm³/mol. The molecule has 7 N–H and O–H groups in total. The third kappa shape index (κ3) is 75.6. The Labute approximate surface area is 190 Å². The SMILES string of the molecule is O.O.O=P(O)(O)O.[H-].[H-].[H-].[K+].[K+].[K+]. The van der Waals surface area contributed by atoms with Gasteiger partial charge in [0.1, 0.15) is 0 Å². The first-order valence-corrected chi connectivity index (χ1v) is 2.35. The van der Waals surface area contributed by atoms with E-state index in [4.69, 9.17) is 19.2 Å². The molecular weight excluding hydrogens is 244 g/mol. The first-order valence-electron chi connectivity index (χ1n) is 0.783. The van der Waals surface area contributed by atoms with E-state index >= 15 is 0 Å². The van der Waals surface area contributed by atoms with Crippen molar-refractivity contribution in [1.82, 2.24) is 0 Å². The fraction of sp³-hybridized carbons (Fsp3) is 0. The van der Waals surface area contributed by atoms with Crippen LogP contribution in [0.1, 0.15) is 4.28 Å². The van der Waals surface area contributed by atoms with Gasteiger partial charge in [-0.05, 0) is 0 Å². The summed E-state index contributed by atoms with van der Waals surface area (Å²) in [7, 11) is -4.64. The first kappa shape index (κ1) is 36.3. The van der Waals surface area contributed by atoms with E-state index in [1.807, 2.05) is 0 Å². The second-order valence-corrected chi connectivity index (χ2v) is 1.54. The third-order valence-electron chi connectivity index (χ3n) is 0. The number of rotatable bonds is 0. The average molecular weight is 254 g/mol. The molecular formula is H10K3O6P. The van der Waals surface area contributed by atoms with Crippen molar-refractivity contribution < 1.29 is 189 Å². The molecule has 54 valence electrons. The molecule has 0 aromatic carbocycles. The molecule has 10 heteroatoms. The standard InChI is InChI=1S/3K.H3O4P.2H2O.3H/c;;;1-5(2,3)4;;;;;/h;;;(H3,1,2,3,4);2*1H2;;;/q3*+1;;;;3*-1. The molecule has 0 aliphatic carbocycles. The van der Waals surface area contributed by atoms with Gasteiger partial charge in [-0.1, -0.05) is 0 Å². The smallest absolute Gasteiger partial charge is 1.00 e. The molecule has 0 radical (unpaired) electrons. The third-order valence-corrected chi connectivity index (χ3v) is 0. The van der Waals surface area contributed by atoms with Crippen molar-refractivity contribution in [1.29, 1.82) is 0 Å². The molecule has 0 spiro atoms. The summed E-state index contributed by atoms with van der Waals surface area (Å²) in [6.45, 7) is 0. The van der Waals surface area contributed by atoms with E-state index in [2.05, 4.69) is 0 Å². The molecule has 0 aliphatic rings. The Morgan fingerprint density at radius 3 is 0.900 bits per heavy atom. The minimum atomic E-state index is -4.64. The number of hydrogen-bond donors (Lipinski definition) is 3. The summed E-state index contributed by atoms with van der Waals surface area (Å²) in [5.74, 6) is 0. The van der Waals surface area contributed by atoms with Crippen molar-refractivity contribution in [3.05, 3.63) is 0 Å². The maximum Gasteiger partial charge on any atom is 1.00 e. The van der Waals surface area contributed by atoms with Crippen molar-refractivity contribution in [3.63, 3.8) is 0 Å². The monoisotopic (exact) mass is 254 g/mol. The van der Waals surface area contributed by atoms with Gasteiger partial charge in [0.05, 0.1) is 0 Å². The molecule has 0 aromatic heterocycles. The first-order chi connectivity index (χ1) is 2.00. The van der Waals surface area contributed by atoms with Gasteiger partial charge in [0, 0.05) is 0 Å². The summed E-state index contributed by atoms with van der Waals surface area (Å²) < 4.78 is 8.88. The van der Waals surface area contributed by atoms with E-state index in [1.165, 1.54) is 0 Å². The van der Waals surface area contributed by atoms with Crippen molar-refractivity contribution in [3.8, 4) is 0 Å². The molecule has 0 bridgehead atoms. The molecule has 0 amide bonds. The van der Waals surface area contributed by atoms with Crippen LogP contribution in [0.25, 0.3) is 0 Å². The molecule has 0 atom stereocenters. The normalized spacial score (nSPS) is 5.90. The number of phosphoric acid groups is 1. The van der Waals surface area contributed by atoms with Crippen LogP contribution in [-0.2, 0) is 4.57 Å². The quantitative estimate of drug-likeness (QED) is 0.291. The van der Waals surface area contributed by atoms with Crippen molar-refractivity contribution in [2.75, 3.05) is 0 Å². The van der Waals surface area contributed by atoms with Gasteiger partial charge in [-0.2, -0.15) is 0 Å². The maximum atomic E-state index is 8.88. The van der Waals surface area contributed by atoms with E-state index in [9.17, 15) is 0 Å². The Hall–Kier alpha value is 4.94. The molecule has 0 saturated carbocycles. The Bertz CT molecular complexity index is 69.3. The minimum absolute atomic E-state index is 0. The van der Waals surface area contributed by atoms with E-state index < -0.39 is 7.82 Å². The van der Waals surface area contributed by atoms with E-state index in [0.29, 0.717) is 0 Å². The Morgan fingerprint density at radius 1 is 0.900 bits per heavy atom. The summed E-state index contributed by atoms with van der Waals surface area (Å²) in [5, 5.41) is 0. The predicted octanol–water partition coefficient (Wildman–Crippen LogP) is -11.2. The molecule has 0 unspecified atom stereocenters. The Morgan fingerprint density at radius 2 is 0.900 bits per heavy atom. The molecule has 0 fully saturated rings. The van der Waals surface area contributed by atoms with Crippen molar-refractivity contribution >= 4 is 7.82 Å². The van der Waals surface area contributed by atoms with Gasteiger partial charge < -0.3 is 29.9 Å². The van der Waals surface area contributed by atoms with E-state index in [-0.39, 0.29) is 169 Å². The van der Waals surface area contributed by atoms with Gasteiger partial charge in [0.25, 0.3) is 0 Å². The van der Waals surface area contributed by atoms with Gasteiger partial charge in [0.15, 0.2) is 0 Å². The largest absolute Gasteiger partial charge is 1.00 e. The number of hydrogen-bond acceptors (Lipinski definition) is 1. The minimum Gasteiger partial charge on any atom is -1.00 e. The van der Waals surface area contributed by atoms with Crippen LogP contribution in [0.2, 0.25) is 0 Å². The van der Waals surface area contributed by atoms with Crippen LogP contribution in [0, 0.1) is 0 Å². The Balaban J connectivity index is -0.00000000286. The van der Waals surface area contributed by atoms with Crippen LogP contribution in [0.5, 0.6) is 0 Å². The summed E-state index contributed by atoms with van der Waals surface area (Å²) in [5.41, 5.74) is 0. The zero-order valence-electron chi connectivity index (χ0n) is 9.20. The van der Waals surface area contributed by atoms with Gasteiger partial charge in [-0.15, -0.1) is 0 Å². The summed E-state index contributed by atoms with van der Waals surface area (Å²) in [4.78, 5) is 21.6. The van der Waals surface area contributed by atoms with Crippen molar-refractivity contribution in [2.45, 2.75) is 0 Å². The second kappa shape index (κ2) is 19.5. The summed E-state index contributed by atoms with van der Waals surface area (Å²) in [6.07, 6.45) is 0. The zero-order valence-corrected chi connectivity index (χ0v) is 16.5. The van der Waals surface area contributed by atoms with Crippen LogP contribution in [0.3, 0.4) is 0 Å². The van der Waals surface area contributed by atoms with Crippen molar-refractivity contribution in [2.24, 2.45) is 0 Å². The molecule has 0 heterocycles. The molecule has 0 rings (SSSR count). The fourth-order valence-corrected chi connectivity index (χ4v) is 0. The van der Waals surface area contributed by atoms with E-state index in [0.717, 1.165) is 0 Å². The van der Waals surface area contributed by atoms with Crippen LogP contribution < -0.4 is 154 Å². The second-order valence-electron chi connectivity index (χ2n) is 0.513. The van der Waals surface area contributed by atoms with Gasteiger partial charge in [-0.25, -0.2) is 4.57 Å². The van der Waals surface area contributed by atoms with Crippen LogP contribution in [0.15, 0.2) is 0 Å². The van der Waals surface area contributed by atoms with Gasteiger partial charge >= 0.3 is 162 Å².